The molecule has 0 N–H and O–H groups in total. The normalized spacial score (nSPS) is 17.8. The lowest BCUT2D eigenvalue weighted by atomic mass is 9.82. The quantitative estimate of drug-likeness (QED) is 0.184. The van der Waals surface area contributed by atoms with Gasteiger partial charge < -0.3 is 4.90 Å². The van der Waals surface area contributed by atoms with Crippen LogP contribution in [0.15, 0.2) is 127 Å². The van der Waals surface area contributed by atoms with Gasteiger partial charge in [0.25, 0.3) is 0 Å². The van der Waals surface area contributed by atoms with Crippen molar-refractivity contribution in [2.45, 2.75) is 83.5 Å². The highest BCUT2D eigenvalue weighted by Gasteiger charge is 2.42. The Morgan fingerprint density at radius 2 is 0.840 bits per heavy atom. The number of fused-ring (bicyclic) bond motifs is 7. The van der Waals surface area contributed by atoms with E-state index in [2.05, 4.69) is 188 Å². The Labute approximate surface area is 298 Å². The maximum absolute atomic E-state index is 2.49. The Hall–Kier alpha value is -4.88. The van der Waals surface area contributed by atoms with Crippen LogP contribution in [0.3, 0.4) is 0 Å². The predicted octanol–water partition coefficient (Wildman–Crippen LogP) is 13.4. The minimum absolute atomic E-state index is 0.0813. The van der Waals surface area contributed by atoms with E-state index in [4.69, 9.17) is 0 Å². The number of benzene rings is 6. The van der Waals surface area contributed by atoms with Crippen LogP contribution in [0.25, 0.3) is 33.4 Å². The van der Waals surface area contributed by atoms with E-state index in [1.54, 1.807) is 0 Å². The van der Waals surface area contributed by atoms with Crippen molar-refractivity contribution < 1.29 is 0 Å². The molecule has 0 heterocycles. The third-order valence-corrected chi connectivity index (χ3v) is 12.4. The summed E-state index contributed by atoms with van der Waals surface area (Å²) in [4.78, 5) is 2.49. The first-order valence-electron chi connectivity index (χ1n) is 18.3. The van der Waals surface area contributed by atoms with Gasteiger partial charge in [-0.15, -0.1) is 0 Å². The molecule has 0 amide bonds. The van der Waals surface area contributed by atoms with Crippen molar-refractivity contribution in [3.05, 3.63) is 161 Å². The van der Waals surface area contributed by atoms with Gasteiger partial charge in [-0.3, -0.25) is 0 Å². The van der Waals surface area contributed by atoms with Crippen LogP contribution in [-0.2, 0) is 21.7 Å². The van der Waals surface area contributed by atoms with Gasteiger partial charge in [-0.05, 0) is 120 Å². The molecule has 1 heteroatoms. The molecule has 0 bridgehead atoms. The maximum atomic E-state index is 2.49. The van der Waals surface area contributed by atoms with E-state index >= 15 is 0 Å². The standard InChI is InChI=1S/C49H47N/c1-46(2)30-47(3,4)45-27-32(20-25-42(45)46)31-14-13-15-33(26-31)50(34-21-23-38-36-16-9-11-18-40(36)48(5,6)43(38)28-34)35-22-24-39-37-17-10-12-19-41(37)49(7,8)44(39)29-35/h9-29H,30H2,1-8H3. The summed E-state index contributed by atoms with van der Waals surface area (Å²) in [6, 6.07) is 48.5. The molecule has 6 aromatic carbocycles. The van der Waals surface area contributed by atoms with E-state index in [1.165, 1.54) is 90.2 Å². The summed E-state index contributed by atoms with van der Waals surface area (Å²) in [7, 11) is 0. The Morgan fingerprint density at radius 1 is 0.360 bits per heavy atom. The zero-order valence-electron chi connectivity index (χ0n) is 30.8. The van der Waals surface area contributed by atoms with Gasteiger partial charge in [0.15, 0.2) is 0 Å². The molecule has 0 atom stereocenters. The first kappa shape index (κ1) is 31.1. The zero-order chi connectivity index (χ0) is 34.8. The molecule has 248 valence electrons. The second kappa shape index (κ2) is 10.3. The minimum Gasteiger partial charge on any atom is -0.310 e. The molecule has 0 aromatic heterocycles. The van der Waals surface area contributed by atoms with Gasteiger partial charge in [0.2, 0.25) is 0 Å². The van der Waals surface area contributed by atoms with Crippen LogP contribution in [0.1, 0.15) is 95.2 Å². The van der Waals surface area contributed by atoms with E-state index in [9.17, 15) is 0 Å². The number of nitrogens with zero attached hydrogens (tertiary/aromatic N) is 1. The second-order valence-corrected chi connectivity index (χ2v) is 17.4. The highest BCUT2D eigenvalue weighted by molar-refractivity contribution is 5.89. The molecule has 3 aliphatic carbocycles. The van der Waals surface area contributed by atoms with Crippen molar-refractivity contribution in [2.75, 3.05) is 4.90 Å². The molecule has 6 aromatic rings. The highest BCUT2D eigenvalue weighted by Crippen LogP contribution is 2.54. The summed E-state index contributed by atoms with van der Waals surface area (Å²) in [6.07, 6.45) is 1.17. The van der Waals surface area contributed by atoms with Crippen molar-refractivity contribution in [3.63, 3.8) is 0 Å². The molecule has 0 fully saturated rings. The van der Waals surface area contributed by atoms with Crippen LogP contribution in [0.5, 0.6) is 0 Å². The van der Waals surface area contributed by atoms with Gasteiger partial charge in [0, 0.05) is 27.9 Å². The van der Waals surface area contributed by atoms with Gasteiger partial charge in [0.05, 0.1) is 0 Å². The molecule has 0 radical (unpaired) electrons. The average molecular weight is 650 g/mol. The first-order chi connectivity index (χ1) is 23.8. The van der Waals surface area contributed by atoms with Crippen molar-refractivity contribution in [1.29, 1.82) is 0 Å². The molecule has 0 spiro atoms. The van der Waals surface area contributed by atoms with Crippen LogP contribution in [0.2, 0.25) is 0 Å². The average Bonchev–Trinajstić information content (AvgIpc) is 3.56. The van der Waals surface area contributed by atoms with Gasteiger partial charge in [-0.25, -0.2) is 0 Å². The largest absolute Gasteiger partial charge is 0.310 e. The van der Waals surface area contributed by atoms with Gasteiger partial charge in [0.1, 0.15) is 0 Å². The molecule has 0 aliphatic heterocycles. The van der Waals surface area contributed by atoms with Crippen LogP contribution in [0, 0.1) is 0 Å². The SMILES string of the molecule is CC1(C)CC(C)(C)c2cc(-c3cccc(N(c4ccc5c(c4)C(C)(C)c4ccccc4-5)c4ccc5c(c4)C(C)(C)c4ccccc4-5)c3)ccc21. The summed E-state index contributed by atoms with van der Waals surface area (Å²) in [5.41, 5.74) is 20.2. The van der Waals surface area contributed by atoms with E-state index in [-0.39, 0.29) is 21.7 Å². The Morgan fingerprint density at radius 3 is 1.42 bits per heavy atom. The van der Waals surface area contributed by atoms with Crippen LogP contribution in [-0.4, -0.2) is 0 Å². The molecular weight excluding hydrogens is 603 g/mol. The van der Waals surface area contributed by atoms with Crippen molar-refractivity contribution in [2.24, 2.45) is 0 Å². The molecule has 0 unspecified atom stereocenters. The fourth-order valence-electron chi connectivity index (χ4n) is 10.1. The molecule has 0 saturated heterocycles. The molecular formula is C49H47N. The van der Waals surface area contributed by atoms with E-state index in [0.29, 0.717) is 0 Å². The molecule has 9 rings (SSSR count). The Bertz CT molecular complexity index is 2260. The summed E-state index contributed by atoms with van der Waals surface area (Å²) >= 11 is 0. The monoisotopic (exact) mass is 649 g/mol. The summed E-state index contributed by atoms with van der Waals surface area (Å²) in [6.45, 7) is 19.1. The maximum Gasteiger partial charge on any atom is 0.0467 e. The van der Waals surface area contributed by atoms with Gasteiger partial charge in [-0.2, -0.15) is 0 Å². The van der Waals surface area contributed by atoms with Crippen molar-refractivity contribution >= 4 is 17.1 Å². The molecule has 1 nitrogen and oxygen atoms in total. The fourth-order valence-corrected chi connectivity index (χ4v) is 10.1. The van der Waals surface area contributed by atoms with Gasteiger partial charge >= 0.3 is 0 Å². The number of hydrogen-bond acceptors (Lipinski definition) is 1. The third kappa shape index (κ3) is 4.38. The third-order valence-electron chi connectivity index (χ3n) is 12.4. The van der Waals surface area contributed by atoms with Crippen LogP contribution >= 0.6 is 0 Å². The highest BCUT2D eigenvalue weighted by atomic mass is 15.1. The van der Waals surface area contributed by atoms with Crippen molar-refractivity contribution in [1.82, 2.24) is 0 Å². The summed E-state index contributed by atoms with van der Waals surface area (Å²) in [5.74, 6) is 0. The lowest BCUT2D eigenvalue weighted by molar-refractivity contribution is 0.403. The second-order valence-electron chi connectivity index (χ2n) is 17.4. The number of anilines is 3. The lowest BCUT2D eigenvalue weighted by Gasteiger charge is -2.30. The molecule has 0 saturated carbocycles. The predicted molar refractivity (Wildman–Crippen MR) is 212 cm³/mol. The summed E-state index contributed by atoms with van der Waals surface area (Å²) in [5, 5.41) is 0. The van der Waals surface area contributed by atoms with Crippen LogP contribution < -0.4 is 4.90 Å². The molecule has 3 aliphatic rings. The fraction of sp³-hybridized carbons (Fsp3) is 0.265. The van der Waals surface area contributed by atoms with Gasteiger partial charge in [-0.1, -0.05) is 146 Å². The van der Waals surface area contributed by atoms with Crippen molar-refractivity contribution in [3.8, 4) is 33.4 Å². The van der Waals surface area contributed by atoms with E-state index < -0.39 is 0 Å². The smallest absolute Gasteiger partial charge is 0.0467 e. The number of rotatable bonds is 4. The lowest BCUT2D eigenvalue weighted by Crippen LogP contribution is -2.18. The minimum atomic E-state index is -0.0813. The molecule has 50 heavy (non-hydrogen) atoms. The Balaban J connectivity index is 1.22. The topological polar surface area (TPSA) is 3.24 Å². The van der Waals surface area contributed by atoms with E-state index in [0.717, 1.165) is 0 Å². The Kier molecular flexibility index (Phi) is 6.43. The number of hydrogen-bond donors (Lipinski definition) is 0. The van der Waals surface area contributed by atoms with E-state index in [1.807, 2.05) is 0 Å². The van der Waals surface area contributed by atoms with Crippen LogP contribution in [0.4, 0.5) is 17.1 Å². The first-order valence-corrected chi connectivity index (χ1v) is 18.3. The zero-order valence-corrected chi connectivity index (χ0v) is 30.8. The summed E-state index contributed by atoms with van der Waals surface area (Å²) < 4.78 is 0.